The lowest BCUT2D eigenvalue weighted by molar-refractivity contribution is -0.103. The molecule has 1 rings (SSSR count). The maximum Gasteiger partial charge on any atom is 0.150 e. The molecule has 0 aliphatic rings. The van der Waals surface area contributed by atoms with Crippen molar-refractivity contribution in [2.45, 2.75) is 20.3 Å². The molecular formula is C13H16O. The quantitative estimate of drug-likeness (QED) is 0.523. The van der Waals surface area contributed by atoms with E-state index in [1.165, 1.54) is 0 Å². The average molecular weight is 188 g/mol. The van der Waals surface area contributed by atoms with Crippen LogP contribution in [0, 0.1) is 5.92 Å². The number of benzene rings is 1. The molecule has 0 bridgehead atoms. The van der Waals surface area contributed by atoms with Gasteiger partial charge in [0, 0.05) is 5.57 Å². The zero-order valence-corrected chi connectivity index (χ0v) is 8.73. The molecule has 0 unspecified atom stereocenters. The summed E-state index contributed by atoms with van der Waals surface area (Å²) in [7, 11) is 0. The van der Waals surface area contributed by atoms with Crippen LogP contribution in [0.5, 0.6) is 0 Å². The molecule has 0 aromatic heterocycles. The Kier molecular flexibility index (Phi) is 4.11. The Morgan fingerprint density at radius 2 is 1.93 bits per heavy atom. The molecule has 0 N–H and O–H groups in total. The van der Waals surface area contributed by atoms with Gasteiger partial charge >= 0.3 is 0 Å². The molecular weight excluding hydrogens is 172 g/mol. The van der Waals surface area contributed by atoms with Crippen LogP contribution >= 0.6 is 0 Å². The SMILES string of the molecule is CC(C)CC=C(C=O)c1ccccc1. The molecule has 14 heavy (non-hydrogen) atoms. The lowest BCUT2D eigenvalue weighted by atomic mass is 10.0. The molecule has 0 aliphatic carbocycles. The number of rotatable bonds is 4. The van der Waals surface area contributed by atoms with Crippen LogP contribution in [0.4, 0.5) is 0 Å². The fourth-order valence-electron chi connectivity index (χ4n) is 1.23. The molecule has 0 radical (unpaired) electrons. The molecule has 1 nitrogen and oxygen atoms in total. The summed E-state index contributed by atoms with van der Waals surface area (Å²) in [5, 5.41) is 0. The minimum absolute atomic E-state index is 0.591. The second-order valence-electron chi connectivity index (χ2n) is 3.77. The van der Waals surface area contributed by atoms with Gasteiger partial charge in [0.05, 0.1) is 0 Å². The second-order valence-corrected chi connectivity index (χ2v) is 3.77. The summed E-state index contributed by atoms with van der Waals surface area (Å²) in [6, 6.07) is 9.76. The van der Waals surface area contributed by atoms with E-state index in [1.54, 1.807) is 0 Å². The molecule has 0 amide bonds. The predicted octanol–water partition coefficient (Wildman–Crippen LogP) is 3.32. The van der Waals surface area contributed by atoms with E-state index in [4.69, 9.17) is 0 Å². The van der Waals surface area contributed by atoms with Crippen molar-refractivity contribution in [2.75, 3.05) is 0 Å². The molecule has 0 spiro atoms. The highest BCUT2D eigenvalue weighted by Gasteiger charge is 1.99. The second kappa shape index (κ2) is 5.38. The van der Waals surface area contributed by atoms with E-state index >= 15 is 0 Å². The largest absolute Gasteiger partial charge is 0.298 e. The third kappa shape index (κ3) is 3.17. The van der Waals surface area contributed by atoms with Gasteiger partial charge in [-0.25, -0.2) is 0 Å². The van der Waals surface area contributed by atoms with Crippen molar-refractivity contribution in [3.05, 3.63) is 42.0 Å². The highest BCUT2D eigenvalue weighted by atomic mass is 16.1. The Morgan fingerprint density at radius 3 is 2.43 bits per heavy atom. The molecule has 0 saturated carbocycles. The number of aldehydes is 1. The van der Waals surface area contributed by atoms with Crippen molar-refractivity contribution in [1.29, 1.82) is 0 Å². The van der Waals surface area contributed by atoms with E-state index < -0.39 is 0 Å². The molecule has 74 valence electrons. The van der Waals surface area contributed by atoms with Crippen LogP contribution in [0.25, 0.3) is 5.57 Å². The molecule has 0 saturated heterocycles. The molecule has 0 aliphatic heterocycles. The first-order valence-electron chi connectivity index (χ1n) is 4.94. The van der Waals surface area contributed by atoms with Crippen molar-refractivity contribution in [3.8, 4) is 0 Å². The first-order valence-corrected chi connectivity index (χ1v) is 4.94. The molecule has 0 fully saturated rings. The van der Waals surface area contributed by atoms with Gasteiger partial charge in [-0.2, -0.15) is 0 Å². The van der Waals surface area contributed by atoms with E-state index in [-0.39, 0.29) is 0 Å². The van der Waals surface area contributed by atoms with Crippen LogP contribution in [0.2, 0.25) is 0 Å². The Balaban J connectivity index is 2.82. The first-order chi connectivity index (χ1) is 6.74. The standard InChI is InChI=1S/C13H16O/c1-11(2)8-9-13(10-14)12-6-4-3-5-7-12/h3-7,9-11H,8H2,1-2H3. The molecule has 1 aromatic carbocycles. The third-order valence-electron chi connectivity index (χ3n) is 2.04. The zero-order chi connectivity index (χ0) is 10.4. The van der Waals surface area contributed by atoms with E-state index in [0.717, 1.165) is 23.8 Å². The van der Waals surface area contributed by atoms with Gasteiger partial charge in [-0.1, -0.05) is 50.3 Å². The summed E-state index contributed by atoms with van der Waals surface area (Å²) >= 11 is 0. The highest BCUT2D eigenvalue weighted by Crippen LogP contribution is 2.14. The monoisotopic (exact) mass is 188 g/mol. The number of hydrogen-bond acceptors (Lipinski definition) is 1. The minimum Gasteiger partial charge on any atom is -0.298 e. The molecule has 1 heteroatoms. The lowest BCUT2D eigenvalue weighted by Gasteiger charge is -2.02. The van der Waals surface area contributed by atoms with Crippen LogP contribution in [0.3, 0.4) is 0 Å². The average Bonchev–Trinajstić information content (AvgIpc) is 2.20. The number of carbonyl (C=O) groups excluding carboxylic acids is 1. The topological polar surface area (TPSA) is 17.1 Å². The van der Waals surface area contributed by atoms with Crippen molar-refractivity contribution in [2.24, 2.45) is 5.92 Å². The summed E-state index contributed by atoms with van der Waals surface area (Å²) in [5.41, 5.74) is 1.79. The third-order valence-corrected chi connectivity index (χ3v) is 2.04. The summed E-state index contributed by atoms with van der Waals surface area (Å²) in [6.45, 7) is 4.29. The highest BCUT2D eigenvalue weighted by molar-refractivity contribution is 6.06. The van der Waals surface area contributed by atoms with Crippen molar-refractivity contribution in [3.63, 3.8) is 0 Å². The van der Waals surface area contributed by atoms with Crippen LogP contribution in [-0.4, -0.2) is 6.29 Å². The van der Waals surface area contributed by atoms with Crippen LogP contribution in [0.15, 0.2) is 36.4 Å². The normalized spacial score (nSPS) is 11.8. The van der Waals surface area contributed by atoms with Gasteiger partial charge < -0.3 is 0 Å². The Labute approximate surface area is 85.5 Å². The number of allylic oxidation sites excluding steroid dienone is 2. The smallest absolute Gasteiger partial charge is 0.150 e. The van der Waals surface area contributed by atoms with Gasteiger partial charge in [-0.3, -0.25) is 4.79 Å². The Morgan fingerprint density at radius 1 is 1.29 bits per heavy atom. The van der Waals surface area contributed by atoms with Crippen LogP contribution < -0.4 is 0 Å². The summed E-state index contributed by atoms with van der Waals surface area (Å²) in [6.07, 6.45) is 3.88. The van der Waals surface area contributed by atoms with E-state index in [0.29, 0.717) is 5.92 Å². The van der Waals surface area contributed by atoms with Gasteiger partial charge in [0.1, 0.15) is 6.29 Å². The van der Waals surface area contributed by atoms with Gasteiger partial charge in [-0.15, -0.1) is 0 Å². The predicted molar refractivity (Wildman–Crippen MR) is 59.9 cm³/mol. The van der Waals surface area contributed by atoms with Gasteiger partial charge in [-0.05, 0) is 17.9 Å². The van der Waals surface area contributed by atoms with Crippen molar-refractivity contribution < 1.29 is 4.79 Å². The van der Waals surface area contributed by atoms with E-state index in [2.05, 4.69) is 13.8 Å². The van der Waals surface area contributed by atoms with Gasteiger partial charge in [0.15, 0.2) is 0 Å². The van der Waals surface area contributed by atoms with Crippen LogP contribution in [-0.2, 0) is 4.79 Å². The van der Waals surface area contributed by atoms with Gasteiger partial charge in [0.25, 0.3) is 0 Å². The van der Waals surface area contributed by atoms with E-state index in [1.807, 2.05) is 36.4 Å². The van der Waals surface area contributed by atoms with Crippen LogP contribution in [0.1, 0.15) is 25.8 Å². The number of carbonyl (C=O) groups is 1. The fraction of sp³-hybridized carbons (Fsp3) is 0.308. The van der Waals surface area contributed by atoms with E-state index in [9.17, 15) is 4.79 Å². The lowest BCUT2D eigenvalue weighted by Crippen LogP contribution is -1.88. The molecule has 0 heterocycles. The zero-order valence-electron chi connectivity index (χ0n) is 8.73. The maximum absolute atomic E-state index is 10.8. The summed E-state index contributed by atoms with van der Waals surface area (Å²) in [4.78, 5) is 10.8. The molecule has 1 aromatic rings. The minimum atomic E-state index is 0.591. The molecule has 0 atom stereocenters. The maximum atomic E-state index is 10.8. The summed E-state index contributed by atoms with van der Waals surface area (Å²) in [5.74, 6) is 0.591. The summed E-state index contributed by atoms with van der Waals surface area (Å²) < 4.78 is 0. The Bertz CT molecular complexity index is 309. The first kappa shape index (κ1) is 10.7. The Hall–Kier alpha value is -1.37. The number of hydrogen-bond donors (Lipinski definition) is 0. The fourth-order valence-corrected chi connectivity index (χ4v) is 1.23. The van der Waals surface area contributed by atoms with Crippen molar-refractivity contribution >= 4 is 11.9 Å². The van der Waals surface area contributed by atoms with Gasteiger partial charge in [0.2, 0.25) is 0 Å². The van der Waals surface area contributed by atoms with Crippen molar-refractivity contribution in [1.82, 2.24) is 0 Å².